The van der Waals surface area contributed by atoms with Gasteiger partial charge >= 0.3 is 0 Å². The number of rotatable bonds is 5. The van der Waals surface area contributed by atoms with Gasteiger partial charge in [0.15, 0.2) is 11.0 Å². The van der Waals surface area contributed by atoms with Crippen molar-refractivity contribution in [2.45, 2.75) is 12.1 Å². The molecule has 2 aromatic heterocycles. The van der Waals surface area contributed by atoms with Crippen molar-refractivity contribution in [1.82, 2.24) is 19.7 Å². The van der Waals surface area contributed by atoms with Crippen molar-refractivity contribution < 1.29 is 4.79 Å². The predicted octanol–water partition coefficient (Wildman–Crippen LogP) is 3.57. The van der Waals surface area contributed by atoms with Gasteiger partial charge in [-0.25, -0.2) is 0 Å². The van der Waals surface area contributed by atoms with Gasteiger partial charge in [-0.3, -0.25) is 9.78 Å². The molecule has 0 radical (unpaired) electrons. The minimum Gasteiger partial charge on any atom is -0.325 e. The number of nitrogens with one attached hydrogen (secondary N) is 1. The van der Waals surface area contributed by atoms with Crippen LogP contribution in [0.25, 0.3) is 11.5 Å². The summed E-state index contributed by atoms with van der Waals surface area (Å²) in [6.07, 6.45) is 1.71. The Morgan fingerprint density at radius 1 is 1.24 bits per heavy atom. The van der Waals surface area contributed by atoms with Crippen molar-refractivity contribution in [3.8, 4) is 11.5 Å². The number of hydrogen-bond donors (Lipinski definition) is 1. The van der Waals surface area contributed by atoms with Gasteiger partial charge in [0.25, 0.3) is 0 Å². The van der Waals surface area contributed by atoms with Crippen molar-refractivity contribution >= 4 is 35.0 Å². The first-order valence-electron chi connectivity index (χ1n) is 7.55. The van der Waals surface area contributed by atoms with Gasteiger partial charge < -0.3 is 9.88 Å². The van der Waals surface area contributed by atoms with Gasteiger partial charge in [-0.2, -0.15) is 0 Å². The number of anilines is 1. The molecule has 0 spiro atoms. The van der Waals surface area contributed by atoms with Crippen molar-refractivity contribution in [1.29, 1.82) is 0 Å². The highest BCUT2D eigenvalue weighted by atomic mass is 35.5. The molecule has 1 aromatic carbocycles. The standard InChI is InChI=1S/C17H16ClN5OS/c1-11-12(18)6-5-8-13(11)20-15(24)10-25-17-22-21-16(23(17)2)14-7-3-4-9-19-14/h3-9H,10H2,1-2H3,(H,20,24). The molecule has 0 aliphatic rings. The Bertz CT molecular complexity index is 897. The second-order valence-electron chi connectivity index (χ2n) is 5.33. The van der Waals surface area contributed by atoms with Crippen molar-refractivity contribution in [2.24, 2.45) is 7.05 Å². The molecule has 0 fully saturated rings. The van der Waals surface area contributed by atoms with E-state index in [4.69, 9.17) is 11.6 Å². The van der Waals surface area contributed by atoms with Crippen LogP contribution in [0.15, 0.2) is 47.8 Å². The minimum atomic E-state index is -0.127. The van der Waals surface area contributed by atoms with E-state index in [0.717, 1.165) is 11.3 Å². The maximum Gasteiger partial charge on any atom is 0.234 e. The molecular weight excluding hydrogens is 358 g/mol. The number of nitrogens with zero attached hydrogens (tertiary/aromatic N) is 4. The average Bonchev–Trinajstić information content (AvgIpc) is 2.99. The van der Waals surface area contributed by atoms with E-state index < -0.39 is 0 Å². The van der Waals surface area contributed by atoms with Crippen molar-refractivity contribution in [3.05, 3.63) is 53.2 Å². The molecule has 3 aromatic rings. The summed E-state index contributed by atoms with van der Waals surface area (Å²) in [7, 11) is 1.85. The van der Waals surface area contributed by atoms with Gasteiger partial charge in [-0.15, -0.1) is 10.2 Å². The van der Waals surface area contributed by atoms with Crippen LogP contribution < -0.4 is 5.32 Å². The van der Waals surface area contributed by atoms with Gasteiger partial charge in [-0.1, -0.05) is 35.5 Å². The molecule has 8 heteroatoms. The molecule has 1 N–H and O–H groups in total. The molecule has 0 atom stereocenters. The lowest BCUT2D eigenvalue weighted by molar-refractivity contribution is -0.113. The number of halogens is 1. The SMILES string of the molecule is Cc1c(Cl)cccc1NC(=O)CSc1nnc(-c2ccccn2)n1C. The van der Waals surface area contributed by atoms with E-state index in [1.54, 1.807) is 18.3 Å². The normalized spacial score (nSPS) is 10.7. The van der Waals surface area contributed by atoms with Crippen molar-refractivity contribution in [2.75, 3.05) is 11.1 Å². The zero-order valence-electron chi connectivity index (χ0n) is 13.7. The highest BCUT2D eigenvalue weighted by Crippen LogP contribution is 2.24. The van der Waals surface area contributed by atoms with Crippen LogP contribution in [0.4, 0.5) is 5.69 Å². The third-order valence-corrected chi connectivity index (χ3v) is 5.03. The van der Waals surface area contributed by atoms with Crippen LogP contribution in [-0.4, -0.2) is 31.4 Å². The van der Waals surface area contributed by atoms with E-state index in [2.05, 4.69) is 20.5 Å². The van der Waals surface area contributed by atoms with Crippen LogP contribution >= 0.6 is 23.4 Å². The molecule has 2 heterocycles. The molecule has 0 aliphatic heterocycles. The predicted molar refractivity (Wildman–Crippen MR) is 99.8 cm³/mol. The summed E-state index contributed by atoms with van der Waals surface area (Å²) < 4.78 is 1.82. The Labute approximate surface area is 154 Å². The molecule has 0 saturated heterocycles. The summed E-state index contributed by atoms with van der Waals surface area (Å²) >= 11 is 7.38. The molecule has 3 rings (SSSR count). The molecule has 0 aliphatic carbocycles. The smallest absolute Gasteiger partial charge is 0.234 e. The Balaban J connectivity index is 1.65. The topological polar surface area (TPSA) is 72.7 Å². The van der Waals surface area contributed by atoms with Crippen LogP contribution in [0.2, 0.25) is 5.02 Å². The second-order valence-corrected chi connectivity index (χ2v) is 6.68. The van der Waals surface area contributed by atoms with Crippen molar-refractivity contribution in [3.63, 3.8) is 0 Å². The Morgan fingerprint density at radius 2 is 2.08 bits per heavy atom. The third kappa shape index (κ3) is 4.00. The zero-order chi connectivity index (χ0) is 17.8. The molecule has 128 valence electrons. The molecule has 0 bridgehead atoms. The second kappa shape index (κ2) is 7.67. The summed E-state index contributed by atoms with van der Waals surface area (Å²) in [6, 6.07) is 11.0. The molecule has 6 nitrogen and oxygen atoms in total. The van der Waals surface area contributed by atoms with Crippen LogP contribution in [-0.2, 0) is 11.8 Å². The van der Waals surface area contributed by atoms with Crippen LogP contribution in [0.3, 0.4) is 0 Å². The average molecular weight is 374 g/mol. The minimum absolute atomic E-state index is 0.127. The fourth-order valence-electron chi connectivity index (χ4n) is 2.22. The fourth-order valence-corrected chi connectivity index (χ4v) is 3.10. The summed E-state index contributed by atoms with van der Waals surface area (Å²) in [5.41, 5.74) is 2.30. The number of hydrogen-bond acceptors (Lipinski definition) is 5. The van der Waals surface area contributed by atoms with E-state index in [0.29, 0.717) is 21.7 Å². The number of benzene rings is 1. The Kier molecular flexibility index (Phi) is 5.35. The third-order valence-electron chi connectivity index (χ3n) is 3.60. The van der Waals surface area contributed by atoms with E-state index in [-0.39, 0.29) is 11.7 Å². The monoisotopic (exact) mass is 373 g/mol. The maximum absolute atomic E-state index is 12.2. The molecule has 25 heavy (non-hydrogen) atoms. The van der Waals surface area contributed by atoms with Gasteiger partial charge in [-0.05, 0) is 36.8 Å². The number of carbonyl (C=O) groups excluding carboxylic acids is 1. The number of pyridine rings is 1. The summed E-state index contributed by atoms with van der Waals surface area (Å²) in [4.78, 5) is 16.5. The van der Waals surface area contributed by atoms with Gasteiger partial charge in [0.1, 0.15) is 5.69 Å². The number of aromatic nitrogens is 4. The van der Waals surface area contributed by atoms with E-state index in [1.807, 2.05) is 42.8 Å². The van der Waals surface area contributed by atoms with Gasteiger partial charge in [0.05, 0.1) is 5.75 Å². The Morgan fingerprint density at radius 3 is 2.84 bits per heavy atom. The quantitative estimate of drug-likeness (QED) is 0.692. The molecular formula is C17H16ClN5OS. The van der Waals surface area contributed by atoms with Crippen LogP contribution in [0.5, 0.6) is 0 Å². The highest BCUT2D eigenvalue weighted by molar-refractivity contribution is 7.99. The molecule has 0 unspecified atom stereocenters. The number of amides is 1. The van der Waals surface area contributed by atoms with E-state index in [1.165, 1.54) is 11.8 Å². The van der Waals surface area contributed by atoms with Crippen LogP contribution in [0, 0.1) is 6.92 Å². The lowest BCUT2D eigenvalue weighted by atomic mass is 10.2. The summed E-state index contributed by atoms with van der Waals surface area (Å²) in [5, 5.41) is 12.4. The largest absolute Gasteiger partial charge is 0.325 e. The molecule has 1 amide bonds. The summed E-state index contributed by atoms with van der Waals surface area (Å²) in [5.74, 6) is 0.757. The number of thioether (sulfide) groups is 1. The first-order chi connectivity index (χ1) is 12.1. The lowest BCUT2D eigenvalue weighted by Crippen LogP contribution is -2.15. The highest BCUT2D eigenvalue weighted by Gasteiger charge is 2.14. The van der Waals surface area contributed by atoms with E-state index in [9.17, 15) is 4.79 Å². The molecule has 0 saturated carbocycles. The van der Waals surface area contributed by atoms with Crippen LogP contribution in [0.1, 0.15) is 5.56 Å². The zero-order valence-corrected chi connectivity index (χ0v) is 15.3. The van der Waals surface area contributed by atoms with E-state index >= 15 is 0 Å². The first-order valence-corrected chi connectivity index (χ1v) is 8.91. The van der Waals surface area contributed by atoms with Gasteiger partial charge in [0.2, 0.25) is 5.91 Å². The lowest BCUT2D eigenvalue weighted by Gasteiger charge is -2.09. The Hall–Kier alpha value is -2.38. The number of carbonyl (C=O) groups is 1. The first kappa shape index (κ1) is 17.4. The fraction of sp³-hybridized carbons (Fsp3) is 0.176. The van der Waals surface area contributed by atoms with Gasteiger partial charge in [0, 0.05) is 24.0 Å². The maximum atomic E-state index is 12.2. The summed E-state index contributed by atoms with van der Waals surface area (Å²) in [6.45, 7) is 1.87.